The molecule has 0 bridgehead atoms. The van der Waals surface area contributed by atoms with Gasteiger partial charge < -0.3 is 9.52 Å². The minimum Gasteiger partial charge on any atom is -0.467 e. The number of thiophene rings is 1. The molecule has 0 aliphatic rings. The zero-order chi connectivity index (χ0) is 18.0. The predicted molar refractivity (Wildman–Crippen MR) is 96.2 cm³/mol. The third-order valence-electron chi connectivity index (χ3n) is 3.80. The van der Waals surface area contributed by atoms with E-state index in [1.54, 1.807) is 18.2 Å². The van der Waals surface area contributed by atoms with Gasteiger partial charge in [-0.25, -0.2) is 9.78 Å². The van der Waals surface area contributed by atoms with Crippen LogP contribution in [0.2, 0.25) is 5.15 Å². The monoisotopic (exact) mass is 375 g/mol. The zero-order valence-corrected chi connectivity index (χ0v) is 14.9. The number of nitrogens with zero attached hydrogens (tertiary/aromatic N) is 3. The second kappa shape index (κ2) is 7.13. The van der Waals surface area contributed by atoms with E-state index in [0.717, 1.165) is 15.1 Å². The van der Waals surface area contributed by atoms with Crippen molar-refractivity contribution < 1.29 is 14.3 Å². The van der Waals surface area contributed by atoms with Crippen molar-refractivity contribution in [3.63, 3.8) is 0 Å². The summed E-state index contributed by atoms with van der Waals surface area (Å²) < 4.78 is 6.01. The highest BCUT2D eigenvalue weighted by atomic mass is 35.5. The van der Waals surface area contributed by atoms with E-state index in [1.807, 2.05) is 6.92 Å². The number of fused-ring (bicyclic) bond motifs is 1. The lowest BCUT2D eigenvalue weighted by Crippen LogP contribution is -2.28. The van der Waals surface area contributed by atoms with Crippen LogP contribution in [0.5, 0.6) is 0 Å². The van der Waals surface area contributed by atoms with Gasteiger partial charge in [-0.05, 0) is 31.0 Å². The van der Waals surface area contributed by atoms with Crippen LogP contribution in [0.1, 0.15) is 22.6 Å². The summed E-state index contributed by atoms with van der Waals surface area (Å²) in [7, 11) is 0. The van der Waals surface area contributed by atoms with Crippen LogP contribution in [0.4, 0.5) is 10.5 Å². The number of amides is 1. The molecule has 3 aromatic heterocycles. The number of hydrogen-bond donors (Lipinski definition) is 1. The average molecular weight is 376 g/mol. The number of nitriles is 1. The summed E-state index contributed by atoms with van der Waals surface area (Å²) in [5, 5.41) is 18.7. The molecule has 128 valence electrons. The van der Waals surface area contributed by atoms with Crippen molar-refractivity contribution in [2.45, 2.75) is 26.3 Å². The first-order chi connectivity index (χ1) is 12.0. The van der Waals surface area contributed by atoms with Crippen LogP contribution in [0, 0.1) is 18.3 Å². The summed E-state index contributed by atoms with van der Waals surface area (Å²) in [6.07, 6.45) is 1.39. The number of anilines is 1. The third-order valence-corrected chi connectivity index (χ3v) is 5.36. The number of halogens is 1. The minimum atomic E-state index is -1.11. The van der Waals surface area contributed by atoms with E-state index in [1.165, 1.54) is 22.5 Å². The van der Waals surface area contributed by atoms with Gasteiger partial charge in [0.2, 0.25) is 0 Å². The fourth-order valence-electron chi connectivity index (χ4n) is 2.60. The maximum Gasteiger partial charge on any atom is 0.412 e. The van der Waals surface area contributed by atoms with E-state index in [2.05, 4.69) is 11.1 Å². The molecule has 0 aliphatic heterocycles. The molecule has 3 aromatic rings. The molecule has 1 amide bonds. The Morgan fingerprint density at radius 2 is 2.36 bits per heavy atom. The number of carbonyl (C=O) groups is 1. The van der Waals surface area contributed by atoms with Gasteiger partial charge in [-0.15, -0.1) is 11.3 Å². The highest BCUT2D eigenvalue weighted by molar-refractivity contribution is 7.19. The number of hydrogen-bond acceptors (Lipinski definition) is 5. The number of pyridine rings is 1. The van der Waals surface area contributed by atoms with Gasteiger partial charge in [0.05, 0.1) is 34.8 Å². The first-order valence-corrected chi connectivity index (χ1v) is 8.69. The Morgan fingerprint density at radius 1 is 1.56 bits per heavy atom. The minimum absolute atomic E-state index is 0.0717. The molecular formula is C17H14ClN3O3S. The van der Waals surface area contributed by atoms with E-state index in [4.69, 9.17) is 21.3 Å². The van der Waals surface area contributed by atoms with Crippen LogP contribution >= 0.6 is 22.9 Å². The molecule has 0 unspecified atom stereocenters. The summed E-state index contributed by atoms with van der Waals surface area (Å²) in [5.41, 5.74) is 2.07. The molecule has 0 aliphatic carbocycles. The molecule has 8 heteroatoms. The Hall–Kier alpha value is -2.56. The molecular weight excluding hydrogens is 362 g/mol. The SMILES string of the molecule is Cc1c(CCC#N)sc2c(N(Cc3ccco3)C(=O)O)cc(Cl)nc12. The second-order valence-corrected chi connectivity index (χ2v) is 6.89. The number of aryl methyl sites for hydroxylation is 2. The molecule has 0 radical (unpaired) electrons. The summed E-state index contributed by atoms with van der Waals surface area (Å²) in [6, 6.07) is 7.10. The Balaban J connectivity index is 2.12. The van der Waals surface area contributed by atoms with Crippen molar-refractivity contribution in [1.29, 1.82) is 5.26 Å². The van der Waals surface area contributed by atoms with E-state index in [-0.39, 0.29) is 11.7 Å². The van der Waals surface area contributed by atoms with E-state index in [0.29, 0.717) is 29.8 Å². The highest BCUT2D eigenvalue weighted by Crippen LogP contribution is 2.39. The van der Waals surface area contributed by atoms with Crippen LogP contribution in [-0.4, -0.2) is 16.2 Å². The van der Waals surface area contributed by atoms with Crippen molar-refractivity contribution >= 4 is 44.9 Å². The summed E-state index contributed by atoms with van der Waals surface area (Å²) >= 11 is 7.59. The molecule has 3 heterocycles. The molecule has 0 aromatic carbocycles. The lowest BCUT2D eigenvalue weighted by atomic mass is 10.1. The molecule has 0 fully saturated rings. The van der Waals surface area contributed by atoms with Gasteiger partial charge in [-0.2, -0.15) is 5.26 Å². The van der Waals surface area contributed by atoms with Gasteiger partial charge >= 0.3 is 6.09 Å². The Bertz CT molecular complexity index is 960. The Kier molecular flexibility index (Phi) is 4.93. The normalized spacial score (nSPS) is 10.8. The van der Waals surface area contributed by atoms with Crippen molar-refractivity contribution in [3.8, 4) is 6.07 Å². The molecule has 0 saturated carbocycles. The molecule has 25 heavy (non-hydrogen) atoms. The second-order valence-electron chi connectivity index (χ2n) is 5.40. The molecule has 0 saturated heterocycles. The van der Waals surface area contributed by atoms with Crippen LogP contribution in [0.25, 0.3) is 10.2 Å². The zero-order valence-electron chi connectivity index (χ0n) is 13.3. The van der Waals surface area contributed by atoms with Crippen molar-refractivity contribution in [2.75, 3.05) is 4.90 Å². The first-order valence-electron chi connectivity index (χ1n) is 7.49. The van der Waals surface area contributed by atoms with Gasteiger partial charge in [-0.3, -0.25) is 4.90 Å². The van der Waals surface area contributed by atoms with Crippen LogP contribution in [0.3, 0.4) is 0 Å². The van der Waals surface area contributed by atoms with Crippen molar-refractivity contribution in [2.24, 2.45) is 0 Å². The van der Waals surface area contributed by atoms with E-state index < -0.39 is 6.09 Å². The smallest absolute Gasteiger partial charge is 0.412 e. The average Bonchev–Trinajstić information content (AvgIpc) is 3.19. The largest absolute Gasteiger partial charge is 0.467 e. The van der Waals surface area contributed by atoms with Gasteiger partial charge in [0, 0.05) is 17.4 Å². The summed E-state index contributed by atoms with van der Waals surface area (Å²) in [6.45, 7) is 1.98. The molecule has 3 rings (SSSR count). The third kappa shape index (κ3) is 3.45. The standard InChI is InChI=1S/C17H14ClN3O3S/c1-10-13(5-2-6-19)25-16-12(8-14(18)20-15(10)16)21(17(22)23)9-11-4-3-7-24-11/h3-4,7-8H,2,5,9H2,1H3,(H,22,23). The van der Waals surface area contributed by atoms with E-state index >= 15 is 0 Å². The Labute approximate surface area is 152 Å². The molecule has 6 nitrogen and oxygen atoms in total. The van der Waals surface area contributed by atoms with Crippen LogP contribution in [-0.2, 0) is 13.0 Å². The fourth-order valence-corrected chi connectivity index (χ4v) is 4.06. The number of aromatic nitrogens is 1. The maximum absolute atomic E-state index is 11.8. The lowest BCUT2D eigenvalue weighted by molar-refractivity contribution is 0.201. The van der Waals surface area contributed by atoms with Gasteiger partial charge in [-0.1, -0.05) is 11.6 Å². The number of furan rings is 1. The lowest BCUT2D eigenvalue weighted by Gasteiger charge is -2.19. The summed E-state index contributed by atoms with van der Waals surface area (Å²) in [4.78, 5) is 18.4. The molecule has 0 atom stereocenters. The van der Waals surface area contributed by atoms with Gasteiger partial charge in [0.1, 0.15) is 10.9 Å². The van der Waals surface area contributed by atoms with Crippen molar-refractivity contribution in [1.82, 2.24) is 4.98 Å². The first kappa shape index (κ1) is 17.3. The highest BCUT2D eigenvalue weighted by Gasteiger charge is 2.23. The predicted octanol–water partition coefficient (Wildman–Crippen LogP) is 4.99. The topological polar surface area (TPSA) is 90.4 Å². The quantitative estimate of drug-likeness (QED) is 0.634. The fraction of sp³-hybridized carbons (Fsp3) is 0.235. The maximum atomic E-state index is 11.8. The van der Waals surface area contributed by atoms with E-state index in [9.17, 15) is 9.90 Å². The Morgan fingerprint density at radius 3 is 3.00 bits per heavy atom. The van der Waals surface area contributed by atoms with Crippen LogP contribution in [0.15, 0.2) is 28.9 Å². The van der Waals surface area contributed by atoms with Gasteiger partial charge in [0.25, 0.3) is 0 Å². The number of carboxylic acid groups (broad SMARTS) is 1. The van der Waals surface area contributed by atoms with Crippen molar-refractivity contribution in [3.05, 3.63) is 45.8 Å². The molecule has 0 spiro atoms. The van der Waals surface area contributed by atoms with Gasteiger partial charge in [0.15, 0.2) is 0 Å². The number of rotatable bonds is 5. The molecule has 1 N–H and O–H groups in total. The van der Waals surface area contributed by atoms with Crippen LogP contribution < -0.4 is 4.90 Å². The summed E-state index contributed by atoms with van der Waals surface area (Å²) in [5.74, 6) is 0.529.